The number of hydrogen-bond donors (Lipinski definition) is 3. The molecule has 14 heteroatoms. The molecule has 0 saturated heterocycles. The van der Waals surface area contributed by atoms with Gasteiger partial charge in [-0.3, -0.25) is 19.0 Å². The van der Waals surface area contributed by atoms with E-state index in [2.05, 4.69) is 25.7 Å². The summed E-state index contributed by atoms with van der Waals surface area (Å²) in [5.74, 6) is -2.51. The Kier molecular flexibility index (Phi) is 7.55. The Labute approximate surface area is 217 Å². The highest BCUT2D eigenvalue weighted by Gasteiger charge is 2.34. The first-order valence-corrected chi connectivity index (χ1v) is 11.9. The molecule has 0 saturated carbocycles. The van der Waals surface area contributed by atoms with Crippen molar-refractivity contribution in [3.8, 4) is 11.4 Å². The first-order valence-electron chi connectivity index (χ1n) is 11.9. The van der Waals surface area contributed by atoms with Gasteiger partial charge in [0.25, 0.3) is 17.4 Å². The maximum absolute atomic E-state index is 14.1. The standard InChI is InChI=1S/C24H29FN8O5/c1-24(2)23-29-17(18(34)22(37)32(23)9-10-38-24)20(35)27-12-14-5-6-15(25)11-16(14)33-13-28-19(30-33)21(36)26-7-8-31(3)4/h5-6,11,13,34H,7-10,12H2,1-4H3,(H,26,36)(H,27,35). The van der Waals surface area contributed by atoms with Crippen molar-refractivity contribution in [1.29, 1.82) is 0 Å². The lowest BCUT2D eigenvalue weighted by atomic mass is 10.1. The van der Waals surface area contributed by atoms with E-state index in [1.807, 2.05) is 19.0 Å². The third kappa shape index (κ3) is 5.55. The Hall–Kier alpha value is -4.17. The lowest BCUT2D eigenvalue weighted by molar-refractivity contribution is -0.0566. The van der Waals surface area contributed by atoms with Gasteiger partial charge in [0.2, 0.25) is 11.6 Å². The van der Waals surface area contributed by atoms with Gasteiger partial charge in [0, 0.05) is 19.6 Å². The van der Waals surface area contributed by atoms with Crippen LogP contribution in [0.1, 0.15) is 46.3 Å². The monoisotopic (exact) mass is 528 g/mol. The predicted molar refractivity (Wildman–Crippen MR) is 133 cm³/mol. The van der Waals surface area contributed by atoms with Crippen molar-refractivity contribution in [3.05, 3.63) is 63.6 Å². The number of likely N-dealkylation sites (N-methyl/N-ethyl adjacent to an activating group) is 1. The third-order valence-corrected chi connectivity index (χ3v) is 5.95. The smallest absolute Gasteiger partial charge is 0.296 e. The Balaban J connectivity index is 1.54. The molecule has 1 aliphatic rings. The van der Waals surface area contributed by atoms with Crippen LogP contribution in [-0.2, 0) is 23.4 Å². The lowest BCUT2D eigenvalue weighted by Crippen LogP contribution is -2.42. The molecule has 0 spiro atoms. The maximum Gasteiger partial charge on any atom is 0.296 e. The lowest BCUT2D eigenvalue weighted by Gasteiger charge is -2.32. The average molecular weight is 529 g/mol. The molecule has 0 unspecified atom stereocenters. The second kappa shape index (κ2) is 10.7. The summed E-state index contributed by atoms with van der Waals surface area (Å²) in [7, 11) is 3.75. The fourth-order valence-electron chi connectivity index (χ4n) is 3.94. The highest BCUT2D eigenvalue weighted by Crippen LogP contribution is 2.27. The number of carbonyl (C=O) groups is 2. The number of benzene rings is 1. The molecule has 0 atom stereocenters. The average Bonchev–Trinajstić information content (AvgIpc) is 3.35. The van der Waals surface area contributed by atoms with Crippen LogP contribution in [0.2, 0.25) is 0 Å². The molecule has 2 aromatic heterocycles. The molecule has 202 valence electrons. The molecule has 13 nitrogen and oxygen atoms in total. The summed E-state index contributed by atoms with van der Waals surface area (Å²) < 4.78 is 22.3. The van der Waals surface area contributed by atoms with Gasteiger partial charge in [-0.15, -0.1) is 5.10 Å². The molecule has 3 aromatic rings. The summed E-state index contributed by atoms with van der Waals surface area (Å²) in [6, 6.07) is 3.83. The number of halogens is 1. The number of carbonyl (C=O) groups excluding carboxylic acids is 2. The number of nitrogens with zero attached hydrogens (tertiary/aromatic N) is 6. The number of aromatic nitrogens is 5. The van der Waals surface area contributed by atoms with E-state index in [1.165, 1.54) is 33.8 Å². The van der Waals surface area contributed by atoms with Crippen LogP contribution in [0.15, 0.2) is 29.3 Å². The van der Waals surface area contributed by atoms with Crippen molar-refractivity contribution >= 4 is 11.8 Å². The number of ether oxygens (including phenoxy) is 1. The zero-order valence-electron chi connectivity index (χ0n) is 21.5. The van der Waals surface area contributed by atoms with Crippen molar-refractivity contribution in [2.75, 3.05) is 33.8 Å². The minimum Gasteiger partial charge on any atom is -0.501 e. The minimum absolute atomic E-state index is 0.100. The van der Waals surface area contributed by atoms with E-state index in [9.17, 15) is 23.9 Å². The van der Waals surface area contributed by atoms with Crippen LogP contribution in [0.25, 0.3) is 5.69 Å². The van der Waals surface area contributed by atoms with Crippen molar-refractivity contribution in [3.63, 3.8) is 0 Å². The van der Waals surface area contributed by atoms with Crippen LogP contribution in [0, 0.1) is 5.82 Å². The molecular formula is C24H29FN8O5. The molecule has 2 amide bonds. The minimum atomic E-state index is -0.937. The molecule has 1 aromatic carbocycles. The van der Waals surface area contributed by atoms with Crippen LogP contribution < -0.4 is 16.2 Å². The summed E-state index contributed by atoms with van der Waals surface area (Å²) in [5.41, 5.74) is -1.45. The second-order valence-corrected chi connectivity index (χ2v) is 9.48. The normalized spacial score (nSPS) is 14.3. The summed E-state index contributed by atoms with van der Waals surface area (Å²) in [5, 5.41) is 19.8. The van der Waals surface area contributed by atoms with Gasteiger partial charge in [-0.05, 0) is 45.6 Å². The van der Waals surface area contributed by atoms with E-state index in [4.69, 9.17) is 4.74 Å². The number of amides is 2. The topological polar surface area (TPSA) is 156 Å². The molecule has 0 aliphatic carbocycles. The molecule has 38 heavy (non-hydrogen) atoms. The first kappa shape index (κ1) is 26.9. The third-order valence-electron chi connectivity index (χ3n) is 5.95. The largest absolute Gasteiger partial charge is 0.501 e. The van der Waals surface area contributed by atoms with Gasteiger partial charge in [0.1, 0.15) is 23.6 Å². The molecule has 1 aliphatic heterocycles. The van der Waals surface area contributed by atoms with Crippen molar-refractivity contribution < 1.29 is 23.8 Å². The Morgan fingerprint density at radius 1 is 1.24 bits per heavy atom. The van der Waals surface area contributed by atoms with Gasteiger partial charge in [0.15, 0.2) is 5.69 Å². The van der Waals surface area contributed by atoms with Gasteiger partial charge in [-0.2, -0.15) is 0 Å². The van der Waals surface area contributed by atoms with E-state index in [0.29, 0.717) is 18.7 Å². The maximum atomic E-state index is 14.1. The van der Waals surface area contributed by atoms with Crippen LogP contribution >= 0.6 is 0 Å². The van der Waals surface area contributed by atoms with Gasteiger partial charge >= 0.3 is 0 Å². The summed E-state index contributed by atoms with van der Waals surface area (Å²) in [6.07, 6.45) is 1.26. The summed E-state index contributed by atoms with van der Waals surface area (Å²) in [4.78, 5) is 48.1. The fourth-order valence-corrected chi connectivity index (χ4v) is 3.94. The van der Waals surface area contributed by atoms with E-state index < -0.39 is 40.2 Å². The predicted octanol–water partition coefficient (Wildman–Crippen LogP) is 0.155. The highest BCUT2D eigenvalue weighted by atomic mass is 19.1. The molecule has 0 fully saturated rings. The Morgan fingerprint density at radius 3 is 2.74 bits per heavy atom. The number of nitrogens with one attached hydrogen (secondary N) is 2. The molecule has 4 rings (SSSR count). The molecule has 0 bridgehead atoms. The van der Waals surface area contributed by atoms with E-state index >= 15 is 0 Å². The first-order chi connectivity index (χ1) is 18.0. The zero-order chi connectivity index (χ0) is 27.6. The Bertz CT molecular complexity index is 1430. The number of rotatable bonds is 8. The van der Waals surface area contributed by atoms with Crippen LogP contribution in [-0.4, -0.2) is 79.9 Å². The van der Waals surface area contributed by atoms with Crippen molar-refractivity contribution in [2.24, 2.45) is 0 Å². The molecule has 3 N–H and O–H groups in total. The van der Waals surface area contributed by atoms with E-state index in [1.54, 1.807) is 13.8 Å². The quantitative estimate of drug-likeness (QED) is 0.370. The van der Waals surface area contributed by atoms with Crippen LogP contribution in [0.3, 0.4) is 0 Å². The van der Waals surface area contributed by atoms with Crippen LogP contribution in [0.4, 0.5) is 4.39 Å². The van der Waals surface area contributed by atoms with Crippen molar-refractivity contribution in [1.82, 2.24) is 39.8 Å². The molecular weight excluding hydrogens is 499 g/mol. The van der Waals surface area contributed by atoms with E-state index in [0.717, 1.165) is 0 Å². The van der Waals surface area contributed by atoms with Gasteiger partial charge < -0.3 is 25.4 Å². The molecule has 0 radical (unpaired) electrons. The zero-order valence-corrected chi connectivity index (χ0v) is 21.5. The van der Waals surface area contributed by atoms with Crippen molar-refractivity contribution in [2.45, 2.75) is 32.5 Å². The number of hydrogen-bond acceptors (Lipinski definition) is 9. The summed E-state index contributed by atoms with van der Waals surface area (Å²) >= 11 is 0. The van der Waals surface area contributed by atoms with Crippen LogP contribution in [0.5, 0.6) is 5.75 Å². The fraction of sp³-hybridized carbons (Fsp3) is 0.417. The van der Waals surface area contributed by atoms with Gasteiger partial charge in [-0.25, -0.2) is 19.0 Å². The van der Waals surface area contributed by atoms with E-state index in [-0.39, 0.29) is 37.0 Å². The van der Waals surface area contributed by atoms with Gasteiger partial charge in [-0.1, -0.05) is 6.07 Å². The molecule has 3 heterocycles. The highest BCUT2D eigenvalue weighted by molar-refractivity contribution is 5.94. The second-order valence-electron chi connectivity index (χ2n) is 9.48. The number of fused-ring (bicyclic) bond motifs is 1. The van der Waals surface area contributed by atoms with Gasteiger partial charge in [0.05, 0.1) is 18.8 Å². The Morgan fingerprint density at radius 2 is 2.00 bits per heavy atom. The number of aromatic hydroxyl groups is 1. The SMILES string of the molecule is CN(C)CCNC(=O)c1ncn(-c2cc(F)ccc2CNC(=O)c2nc3n(c(=O)c2O)CCOC3(C)C)n1. The summed E-state index contributed by atoms with van der Waals surface area (Å²) in [6.45, 7) is 4.79.